The maximum absolute atomic E-state index is 11.1. The SMILES string of the molecule is CCNC(=O)NCC([Si])[C@H](CNC)C(=O)O. The zero-order chi connectivity index (χ0) is 12.6. The standard InChI is InChI=1S/C9H18N3O3Si/c1-3-11-9(15)12-5-7(16)6(4-10-2)8(13)14/h6-7,10H,3-5H2,1-2H3,(H,13,14)(H2,11,12,15)/t6-,7?/m0/s1. The summed E-state index contributed by atoms with van der Waals surface area (Å²) in [6, 6.07) is -0.292. The number of nitrogens with one attached hydrogen (secondary N) is 3. The Morgan fingerprint density at radius 3 is 2.38 bits per heavy atom. The minimum Gasteiger partial charge on any atom is -0.481 e. The molecular formula is C9H18N3O3Si. The molecule has 0 saturated carbocycles. The van der Waals surface area contributed by atoms with Crippen molar-refractivity contribution in [2.75, 3.05) is 26.7 Å². The van der Waals surface area contributed by atoms with Crippen molar-refractivity contribution in [1.29, 1.82) is 0 Å². The van der Waals surface area contributed by atoms with E-state index >= 15 is 0 Å². The number of carboxylic acids is 1. The van der Waals surface area contributed by atoms with Gasteiger partial charge in [0.15, 0.2) is 0 Å². The Labute approximate surface area is 98.6 Å². The van der Waals surface area contributed by atoms with Crippen LogP contribution in [0.4, 0.5) is 4.79 Å². The van der Waals surface area contributed by atoms with Crippen molar-refractivity contribution in [2.45, 2.75) is 12.5 Å². The first-order chi connectivity index (χ1) is 7.52. The Kier molecular flexibility index (Phi) is 7.56. The van der Waals surface area contributed by atoms with Crippen molar-refractivity contribution >= 4 is 22.2 Å². The maximum atomic E-state index is 11.1. The van der Waals surface area contributed by atoms with E-state index in [9.17, 15) is 9.59 Å². The van der Waals surface area contributed by atoms with E-state index in [2.05, 4.69) is 26.2 Å². The second-order valence-electron chi connectivity index (χ2n) is 3.35. The average Bonchev–Trinajstić information content (AvgIpc) is 2.22. The third-order valence-corrected chi connectivity index (χ3v) is 2.65. The molecule has 3 radical (unpaired) electrons. The Morgan fingerprint density at radius 2 is 1.94 bits per heavy atom. The molecule has 0 aliphatic rings. The van der Waals surface area contributed by atoms with E-state index in [0.29, 0.717) is 13.1 Å². The second kappa shape index (κ2) is 8.11. The van der Waals surface area contributed by atoms with Crippen LogP contribution in [0.2, 0.25) is 5.54 Å². The minimum atomic E-state index is -0.896. The summed E-state index contributed by atoms with van der Waals surface area (Å²) in [5.41, 5.74) is -0.312. The summed E-state index contributed by atoms with van der Waals surface area (Å²) in [7, 11) is 5.00. The fourth-order valence-corrected chi connectivity index (χ4v) is 1.55. The van der Waals surface area contributed by atoms with E-state index in [1.54, 1.807) is 7.05 Å². The van der Waals surface area contributed by atoms with Crippen LogP contribution < -0.4 is 16.0 Å². The van der Waals surface area contributed by atoms with Crippen LogP contribution in [0, 0.1) is 5.92 Å². The van der Waals surface area contributed by atoms with Crippen molar-refractivity contribution in [2.24, 2.45) is 5.92 Å². The Bertz CT molecular complexity index is 238. The summed E-state index contributed by atoms with van der Waals surface area (Å²) < 4.78 is 0. The number of aliphatic carboxylic acids is 1. The maximum Gasteiger partial charge on any atom is 0.314 e. The molecule has 0 rings (SSSR count). The predicted octanol–water partition coefficient (Wildman–Crippen LogP) is -0.817. The number of urea groups is 1. The zero-order valence-electron chi connectivity index (χ0n) is 9.54. The molecule has 1 unspecified atom stereocenters. The predicted molar refractivity (Wildman–Crippen MR) is 61.6 cm³/mol. The van der Waals surface area contributed by atoms with E-state index in [-0.39, 0.29) is 18.1 Å². The molecule has 0 aromatic carbocycles. The highest BCUT2D eigenvalue weighted by Gasteiger charge is 2.24. The lowest BCUT2D eigenvalue weighted by molar-refractivity contribution is -0.141. The highest BCUT2D eigenvalue weighted by molar-refractivity contribution is 6.13. The molecule has 0 fully saturated rings. The number of amides is 2. The van der Waals surface area contributed by atoms with Crippen LogP contribution in [0.25, 0.3) is 0 Å². The van der Waals surface area contributed by atoms with Gasteiger partial charge < -0.3 is 21.1 Å². The molecule has 0 aliphatic heterocycles. The number of hydrogen-bond acceptors (Lipinski definition) is 3. The number of carbonyl (C=O) groups is 2. The van der Waals surface area contributed by atoms with Crippen molar-refractivity contribution in [3.05, 3.63) is 0 Å². The lowest BCUT2D eigenvalue weighted by Crippen LogP contribution is -2.40. The fourth-order valence-electron chi connectivity index (χ4n) is 1.19. The minimum absolute atomic E-state index is 0.265. The van der Waals surface area contributed by atoms with Gasteiger partial charge in [-0.25, -0.2) is 4.79 Å². The van der Waals surface area contributed by atoms with Gasteiger partial charge >= 0.3 is 12.0 Å². The molecule has 6 nitrogen and oxygen atoms in total. The van der Waals surface area contributed by atoms with E-state index in [1.165, 1.54) is 0 Å². The molecule has 0 bridgehead atoms. The second-order valence-corrected chi connectivity index (χ2v) is 4.09. The highest BCUT2D eigenvalue weighted by Crippen LogP contribution is 2.13. The normalized spacial score (nSPS) is 13.9. The van der Waals surface area contributed by atoms with Crippen LogP contribution in [0.1, 0.15) is 6.92 Å². The Hall–Kier alpha value is -1.08. The molecule has 16 heavy (non-hydrogen) atoms. The van der Waals surface area contributed by atoms with Crippen LogP contribution in [0.5, 0.6) is 0 Å². The van der Waals surface area contributed by atoms with Gasteiger partial charge in [0.05, 0.1) is 5.92 Å². The van der Waals surface area contributed by atoms with Crippen LogP contribution >= 0.6 is 0 Å². The fraction of sp³-hybridized carbons (Fsp3) is 0.778. The smallest absolute Gasteiger partial charge is 0.314 e. The summed E-state index contributed by atoms with van der Waals surface area (Å²) in [5.74, 6) is -1.48. The van der Waals surface area contributed by atoms with E-state index in [0.717, 1.165) is 0 Å². The molecular weight excluding hydrogens is 226 g/mol. The molecule has 0 heterocycles. The van der Waals surface area contributed by atoms with Crippen LogP contribution in [0.15, 0.2) is 0 Å². The Morgan fingerprint density at radius 1 is 1.31 bits per heavy atom. The van der Waals surface area contributed by atoms with E-state index in [4.69, 9.17) is 5.11 Å². The molecule has 0 aromatic rings. The third-order valence-electron chi connectivity index (χ3n) is 2.05. The van der Waals surface area contributed by atoms with Crippen LogP contribution in [-0.4, -0.2) is 54.0 Å². The Balaban J connectivity index is 4.05. The quantitative estimate of drug-likeness (QED) is 0.441. The average molecular weight is 244 g/mol. The van der Waals surface area contributed by atoms with Gasteiger partial charge in [0, 0.05) is 29.9 Å². The van der Waals surface area contributed by atoms with Gasteiger partial charge in [-0.3, -0.25) is 4.79 Å². The van der Waals surface area contributed by atoms with Crippen LogP contribution in [-0.2, 0) is 4.79 Å². The van der Waals surface area contributed by atoms with Gasteiger partial charge in [0.25, 0.3) is 0 Å². The van der Waals surface area contributed by atoms with Crippen molar-refractivity contribution in [3.8, 4) is 0 Å². The zero-order valence-corrected chi connectivity index (χ0v) is 10.5. The molecule has 91 valence electrons. The molecule has 2 amide bonds. The topological polar surface area (TPSA) is 90.5 Å². The summed E-state index contributed by atoms with van der Waals surface area (Å²) in [5, 5.41) is 16.9. The van der Waals surface area contributed by atoms with Gasteiger partial charge in [-0.05, 0) is 19.5 Å². The molecule has 0 spiro atoms. The van der Waals surface area contributed by atoms with Gasteiger partial charge in [0.2, 0.25) is 0 Å². The lowest BCUT2D eigenvalue weighted by Gasteiger charge is -2.20. The number of carboxylic acid groups (broad SMARTS) is 1. The van der Waals surface area contributed by atoms with E-state index < -0.39 is 11.9 Å². The number of rotatable bonds is 7. The molecule has 7 heteroatoms. The largest absolute Gasteiger partial charge is 0.481 e. The highest BCUT2D eigenvalue weighted by atomic mass is 28.1. The first kappa shape index (κ1) is 14.9. The molecule has 0 aliphatic carbocycles. The summed E-state index contributed by atoms with van der Waals surface area (Å²) in [6.45, 7) is 2.96. The van der Waals surface area contributed by atoms with Crippen molar-refractivity contribution < 1.29 is 14.7 Å². The summed E-state index contributed by atoms with van der Waals surface area (Å²) in [4.78, 5) is 22.0. The first-order valence-electron chi connectivity index (χ1n) is 5.13. The lowest BCUT2D eigenvalue weighted by atomic mass is 10.1. The van der Waals surface area contributed by atoms with Crippen LogP contribution in [0.3, 0.4) is 0 Å². The van der Waals surface area contributed by atoms with E-state index in [1.807, 2.05) is 6.92 Å². The van der Waals surface area contributed by atoms with Crippen molar-refractivity contribution in [3.63, 3.8) is 0 Å². The number of hydrogen-bond donors (Lipinski definition) is 4. The molecule has 0 aromatic heterocycles. The van der Waals surface area contributed by atoms with Gasteiger partial charge in [-0.2, -0.15) is 0 Å². The van der Waals surface area contributed by atoms with Gasteiger partial charge in [-0.15, -0.1) is 0 Å². The summed E-state index contributed by atoms with van der Waals surface area (Å²) >= 11 is 0. The van der Waals surface area contributed by atoms with Gasteiger partial charge in [0.1, 0.15) is 0 Å². The first-order valence-corrected chi connectivity index (χ1v) is 5.70. The molecule has 4 N–H and O–H groups in total. The van der Waals surface area contributed by atoms with Crippen molar-refractivity contribution in [1.82, 2.24) is 16.0 Å². The van der Waals surface area contributed by atoms with Gasteiger partial charge in [-0.1, -0.05) is 0 Å². The summed E-state index contributed by atoms with van der Waals surface area (Å²) in [6.07, 6.45) is 0. The third kappa shape index (κ3) is 5.71. The number of carbonyl (C=O) groups excluding carboxylic acids is 1. The monoisotopic (exact) mass is 244 g/mol. The molecule has 0 saturated heterocycles. The molecule has 2 atom stereocenters.